The van der Waals surface area contributed by atoms with Crippen molar-refractivity contribution in [3.63, 3.8) is 0 Å². The van der Waals surface area contributed by atoms with E-state index in [-0.39, 0.29) is 16.5 Å². The summed E-state index contributed by atoms with van der Waals surface area (Å²) in [4.78, 5) is 0. The summed E-state index contributed by atoms with van der Waals surface area (Å²) < 4.78 is 40.6. The van der Waals surface area contributed by atoms with Crippen molar-refractivity contribution in [3.05, 3.63) is 53.1 Å². The Kier molecular flexibility index (Phi) is 9.61. The Morgan fingerprint density at radius 1 is 0.862 bits per heavy atom. The van der Waals surface area contributed by atoms with Crippen LogP contribution in [0.4, 0.5) is 0 Å². The highest BCUT2D eigenvalue weighted by atomic mass is 35.5. The van der Waals surface area contributed by atoms with E-state index in [4.69, 9.17) is 25.3 Å². The summed E-state index contributed by atoms with van der Waals surface area (Å²) >= 11 is 6.21. The number of hydrogen-bond acceptors (Lipinski definition) is 5. The third-order valence-corrected chi connectivity index (χ3v) is 5.73. The van der Waals surface area contributed by atoms with Crippen molar-refractivity contribution in [2.75, 3.05) is 19.0 Å². The lowest BCUT2D eigenvalue weighted by molar-refractivity contribution is 0.266. The molecule has 0 saturated heterocycles. The fourth-order valence-corrected chi connectivity index (χ4v) is 3.99. The van der Waals surface area contributed by atoms with Crippen LogP contribution in [-0.4, -0.2) is 27.4 Å². The van der Waals surface area contributed by atoms with Gasteiger partial charge in [-0.25, -0.2) is 0 Å². The molecule has 0 spiro atoms. The lowest BCUT2D eigenvalue weighted by Gasteiger charge is -2.13. The number of benzene rings is 2. The zero-order valence-corrected chi connectivity index (χ0v) is 18.6. The summed E-state index contributed by atoms with van der Waals surface area (Å²) in [5, 5.41) is 0.269. The Morgan fingerprint density at radius 2 is 1.52 bits per heavy atom. The van der Waals surface area contributed by atoms with Crippen LogP contribution in [-0.2, 0) is 16.5 Å². The molecule has 0 radical (unpaired) electrons. The number of hydrogen-bond donors (Lipinski definition) is 0. The first kappa shape index (κ1) is 23.4. The Bertz CT molecular complexity index is 867. The normalized spacial score (nSPS) is 11.3. The smallest absolute Gasteiger partial charge is 0.309 e. The summed E-state index contributed by atoms with van der Waals surface area (Å²) in [6.45, 7) is 5.15. The van der Waals surface area contributed by atoms with E-state index in [1.165, 1.54) is 0 Å². The second-order valence-corrected chi connectivity index (χ2v) is 8.81. The highest BCUT2D eigenvalue weighted by Gasteiger charge is 2.15. The van der Waals surface area contributed by atoms with Gasteiger partial charge in [0.25, 0.3) is 0 Å². The van der Waals surface area contributed by atoms with Crippen molar-refractivity contribution < 1.29 is 22.1 Å². The van der Waals surface area contributed by atoms with Crippen LogP contribution in [0.5, 0.6) is 17.2 Å². The molecule has 0 aliphatic carbocycles. The summed E-state index contributed by atoms with van der Waals surface area (Å²) in [5.41, 5.74) is 0.928. The van der Waals surface area contributed by atoms with Crippen LogP contribution in [0, 0.1) is 0 Å². The first-order chi connectivity index (χ1) is 13.9. The number of unbranched alkanes of at least 4 members (excludes halogenated alkanes) is 2. The lowest BCUT2D eigenvalue weighted by atomic mass is 10.1. The van der Waals surface area contributed by atoms with E-state index in [9.17, 15) is 8.42 Å². The number of para-hydroxylation sites is 2. The van der Waals surface area contributed by atoms with Crippen LogP contribution in [0.15, 0.2) is 42.5 Å². The molecular weight excluding hydrogens is 412 g/mol. The lowest BCUT2D eigenvalue weighted by Crippen LogP contribution is -2.14. The predicted molar refractivity (Wildman–Crippen MR) is 117 cm³/mol. The van der Waals surface area contributed by atoms with Crippen LogP contribution in [0.25, 0.3) is 0 Å². The molecule has 2 aromatic carbocycles. The summed E-state index contributed by atoms with van der Waals surface area (Å²) in [5.74, 6) is 1.58. The second kappa shape index (κ2) is 11.9. The van der Waals surface area contributed by atoms with Gasteiger partial charge in [0, 0.05) is 6.42 Å². The van der Waals surface area contributed by atoms with Gasteiger partial charge < -0.3 is 13.7 Å². The van der Waals surface area contributed by atoms with Gasteiger partial charge in [-0.1, -0.05) is 56.5 Å². The van der Waals surface area contributed by atoms with Crippen molar-refractivity contribution in [1.82, 2.24) is 0 Å². The summed E-state index contributed by atoms with van der Waals surface area (Å²) in [6.07, 6.45) is 4.02. The van der Waals surface area contributed by atoms with E-state index in [1.54, 1.807) is 18.2 Å². The van der Waals surface area contributed by atoms with Gasteiger partial charge in [-0.05, 0) is 42.7 Å². The molecule has 0 aliphatic rings. The topological polar surface area (TPSA) is 61.8 Å². The molecule has 2 aromatic rings. The molecule has 0 N–H and O–H groups in total. The highest BCUT2D eigenvalue weighted by molar-refractivity contribution is 7.87. The van der Waals surface area contributed by atoms with Crippen molar-refractivity contribution in [3.8, 4) is 17.2 Å². The maximum atomic E-state index is 11.9. The molecule has 0 aromatic heterocycles. The molecule has 0 unspecified atom stereocenters. The summed E-state index contributed by atoms with van der Waals surface area (Å²) in [6, 6.07) is 12.7. The molecule has 0 saturated carbocycles. The van der Waals surface area contributed by atoms with Gasteiger partial charge in [-0.15, -0.1) is 0 Å². The van der Waals surface area contributed by atoms with E-state index < -0.39 is 10.1 Å². The molecule has 7 heteroatoms. The molecule has 0 amide bonds. The van der Waals surface area contributed by atoms with Gasteiger partial charge in [0.1, 0.15) is 0 Å². The molecule has 0 atom stereocenters. The quantitative estimate of drug-likeness (QED) is 0.297. The molecule has 160 valence electrons. The van der Waals surface area contributed by atoms with Crippen molar-refractivity contribution >= 4 is 21.7 Å². The molecule has 0 fully saturated rings. The predicted octanol–water partition coefficient (Wildman–Crippen LogP) is 5.65. The Morgan fingerprint density at radius 3 is 2.14 bits per heavy atom. The summed E-state index contributed by atoms with van der Waals surface area (Å²) in [7, 11) is -3.62. The Hall–Kier alpha value is -1.92. The van der Waals surface area contributed by atoms with E-state index in [1.807, 2.05) is 31.2 Å². The Balaban J connectivity index is 1.91. The molecule has 29 heavy (non-hydrogen) atoms. The third kappa shape index (κ3) is 8.15. The Labute approximate surface area is 179 Å². The fraction of sp³-hybridized carbons (Fsp3) is 0.455. The van der Waals surface area contributed by atoms with Crippen LogP contribution < -0.4 is 13.7 Å². The van der Waals surface area contributed by atoms with Gasteiger partial charge in [0.05, 0.1) is 24.0 Å². The largest absolute Gasteiger partial charge is 0.490 e. The van der Waals surface area contributed by atoms with Gasteiger partial charge in [0.2, 0.25) is 0 Å². The minimum atomic E-state index is -3.62. The minimum absolute atomic E-state index is 0.0187. The number of halogens is 1. The van der Waals surface area contributed by atoms with Crippen LogP contribution >= 0.6 is 11.6 Å². The molecule has 2 rings (SSSR count). The third-order valence-electron chi connectivity index (χ3n) is 4.21. The van der Waals surface area contributed by atoms with Gasteiger partial charge in [0.15, 0.2) is 17.2 Å². The highest BCUT2D eigenvalue weighted by Crippen LogP contribution is 2.29. The molecule has 0 heterocycles. The minimum Gasteiger partial charge on any atom is -0.490 e. The SMILES string of the molecule is CCCCOc1ccccc1OCCc1ccc(OS(=O)(=O)CCCC)c(Cl)c1. The molecule has 0 bridgehead atoms. The van der Waals surface area contributed by atoms with Crippen molar-refractivity contribution in [1.29, 1.82) is 0 Å². The zero-order valence-electron chi connectivity index (χ0n) is 17.0. The monoisotopic (exact) mass is 440 g/mol. The number of ether oxygens (including phenoxy) is 2. The number of rotatable bonds is 13. The molecule has 5 nitrogen and oxygen atoms in total. The van der Waals surface area contributed by atoms with Gasteiger partial charge in [-0.3, -0.25) is 0 Å². The van der Waals surface area contributed by atoms with Crippen LogP contribution in [0.2, 0.25) is 5.02 Å². The van der Waals surface area contributed by atoms with Crippen molar-refractivity contribution in [2.24, 2.45) is 0 Å². The van der Waals surface area contributed by atoms with Crippen LogP contribution in [0.1, 0.15) is 45.1 Å². The standard InChI is InChI=1S/C22H29ClO5S/c1-3-5-14-26-21-9-7-8-10-22(21)27-15-13-18-11-12-20(19(23)17-18)28-29(24,25)16-6-4-2/h7-12,17H,3-6,13-16H2,1-2H3. The van der Waals surface area contributed by atoms with E-state index in [0.29, 0.717) is 31.8 Å². The van der Waals surface area contributed by atoms with Crippen LogP contribution in [0.3, 0.4) is 0 Å². The maximum Gasteiger partial charge on any atom is 0.309 e. The molecular formula is C22H29ClO5S. The zero-order chi connectivity index (χ0) is 21.1. The van der Waals surface area contributed by atoms with E-state index >= 15 is 0 Å². The van der Waals surface area contributed by atoms with Crippen molar-refractivity contribution in [2.45, 2.75) is 46.0 Å². The molecule has 0 aliphatic heterocycles. The maximum absolute atomic E-state index is 11.9. The van der Waals surface area contributed by atoms with E-state index in [2.05, 4.69) is 6.92 Å². The second-order valence-electron chi connectivity index (χ2n) is 6.71. The fourth-order valence-electron chi connectivity index (χ4n) is 2.56. The van der Waals surface area contributed by atoms with E-state index in [0.717, 1.165) is 30.6 Å². The average Bonchev–Trinajstić information content (AvgIpc) is 2.70. The van der Waals surface area contributed by atoms with Gasteiger partial charge in [-0.2, -0.15) is 8.42 Å². The first-order valence-corrected chi connectivity index (χ1v) is 12.0. The van der Waals surface area contributed by atoms with Gasteiger partial charge >= 0.3 is 10.1 Å². The first-order valence-electron chi connectivity index (χ1n) is 10.0. The average molecular weight is 441 g/mol.